The molecule has 2 N–H and O–H groups in total. The molecular weight excluding hydrogens is 328 g/mol. The second-order valence-electron chi connectivity index (χ2n) is 6.48. The van der Waals surface area contributed by atoms with Gasteiger partial charge < -0.3 is 15.4 Å². The van der Waals surface area contributed by atoms with Crippen molar-refractivity contribution in [2.45, 2.75) is 13.5 Å². The van der Waals surface area contributed by atoms with Crippen LogP contribution in [-0.2, 0) is 11.3 Å². The van der Waals surface area contributed by atoms with E-state index in [9.17, 15) is 4.79 Å². The van der Waals surface area contributed by atoms with Crippen molar-refractivity contribution in [2.75, 3.05) is 44.7 Å². The molecule has 0 bridgehead atoms. The number of aryl methyl sites for hydroxylation is 1. The van der Waals surface area contributed by atoms with Gasteiger partial charge in [0.05, 0.1) is 13.2 Å². The third-order valence-corrected chi connectivity index (χ3v) is 4.43. The van der Waals surface area contributed by atoms with Gasteiger partial charge in [-0.25, -0.2) is 0 Å². The molecule has 2 aromatic rings. The molecule has 1 aliphatic heterocycles. The topological polar surface area (TPSA) is 66.5 Å². The highest BCUT2D eigenvalue weighted by Crippen LogP contribution is 2.11. The SMILES string of the molecule is Cc1ccc(CNc2ccnc(C(=O)NCCN3CCOCC3)c2)cc1. The number of rotatable bonds is 7. The Morgan fingerprint density at radius 1 is 1.19 bits per heavy atom. The van der Waals surface area contributed by atoms with E-state index in [1.165, 1.54) is 11.1 Å². The van der Waals surface area contributed by atoms with Crippen LogP contribution in [0.2, 0.25) is 0 Å². The Morgan fingerprint density at radius 3 is 2.73 bits per heavy atom. The van der Waals surface area contributed by atoms with Crippen LogP contribution in [0.4, 0.5) is 5.69 Å². The van der Waals surface area contributed by atoms with Crippen molar-refractivity contribution >= 4 is 11.6 Å². The van der Waals surface area contributed by atoms with E-state index in [0.29, 0.717) is 18.8 Å². The Bertz CT molecular complexity index is 712. The maximum Gasteiger partial charge on any atom is 0.269 e. The number of pyridine rings is 1. The zero-order valence-electron chi connectivity index (χ0n) is 15.2. The van der Waals surface area contributed by atoms with Crippen molar-refractivity contribution in [3.63, 3.8) is 0 Å². The normalized spacial score (nSPS) is 14.8. The molecule has 1 aliphatic rings. The molecule has 0 aliphatic carbocycles. The lowest BCUT2D eigenvalue weighted by atomic mass is 10.1. The predicted molar refractivity (Wildman–Crippen MR) is 102 cm³/mol. The number of nitrogens with zero attached hydrogens (tertiary/aromatic N) is 2. The largest absolute Gasteiger partial charge is 0.381 e. The van der Waals surface area contributed by atoms with Crippen LogP contribution in [-0.4, -0.2) is 55.2 Å². The highest BCUT2D eigenvalue weighted by Gasteiger charge is 2.11. The number of nitrogens with one attached hydrogen (secondary N) is 2. The number of carbonyl (C=O) groups is 1. The maximum absolute atomic E-state index is 12.3. The second-order valence-corrected chi connectivity index (χ2v) is 6.48. The van der Waals surface area contributed by atoms with Crippen molar-refractivity contribution in [1.82, 2.24) is 15.2 Å². The molecule has 1 fully saturated rings. The summed E-state index contributed by atoms with van der Waals surface area (Å²) in [7, 11) is 0. The fourth-order valence-electron chi connectivity index (χ4n) is 2.82. The molecule has 0 spiro atoms. The fourth-order valence-corrected chi connectivity index (χ4v) is 2.82. The summed E-state index contributed by atoms with van der Waals surface area (Å²) in [5.74, 6) is -0.141. The van der Waals surface area contributed by atoms with Crippen molar-refractivity contribution in [2.24, 2.45) is 0 Å². The number of hydrogen-bond donors (Lipinski definition) is 2. The minimum Gasteiger partial charge on any atom is -0.381 e. The smallest absolute Gasteiger partial charge is 0.269 e. The van der Waals surface area contributed by atoms with Crippen LogP contribution in [0.25, 0.3) is 0 Å². The first-order valence-corrected chi connectivity index (χ1v) is 9.04. The molecule has 1 amide bonds. The monoisotopic (exact) mass is 354 g/mol. The van der Waals surface area contributed by atoms with E-state index in [1.807, 2.05) is 6.07 Å². The van der Waals surface area contributed by atoms with Crippen LogP contribution in [0.5, 0.6) is 0 Å². The zero-order chi connectivity index (χ0) is 18.2. The number of anilines is 1. The molecule has 1 aromatic carbocycles. The Labute approximate surface area is 154 Å². The summed E-state index contributed by atoms with van der Waals surface area (Å²) in [4.78, 5) is 18.8. The summed E-state index contributed by atoms with van der Waals surface area (Å²) in [6.07, 6.45) is 1.66. The van der Waals surface area contributed by atoms with Gasteiger partial charge in [0, 0.05) is 44.6 Å². The van der Waals surface area contributed by atoms with Gasteiger partial charge in [-0.1, -0.05) is 29.8 Å². The van der Waals surface area contributed by atoms with E-state index in [0.717, 1.165) is 38.5 Å². The lowest BCUT2D eigenvalue weighted by Crippen LogP contribution is -2.41. The van der Waals surface area contributed by atoms with Gasteiger partial charge in [0.15, 0.2) is 0 Å². The summed E-state index contributed by atoms with van der Waals surface area (Å²) >= 11 is 0. The standard InChI is InChI=1S/C20H26N4O2/c1-16-2-4-17(5-3-16)15-23-18-6-7-21-19(14-18)20(25)22-8-9-24-10-12-26-13-11-24/h2-7,14H,8-13,15H2,1H3,(H,21,23)(H,22,25). The third kappa shape index (κ3) is 5.54. The number of carbonyl (C=O) groups excluding carboxylic acids is 1. The molecule has 0 unspecified atom stereocenters. The van der Waals surface area contributed by atoms with Crippen molar-refractivity contribution in [3.8, 4) is 0 Å². The van der Waals surface area contributed by atoms with Gasteiger partial charge in [0.1, 0.15) is 5.69 Å². The van der Waals surface area contributed by atoms with E-state index in [-0.39, 0.29) is 5.91 Å². The van der Waals surface area contributed by atoms with Gasteiger partial charge in [-0.2, -0.15) is 0 Å². The number of morpholine rings is 1. The Kier molecular flexibility index (Phi) is 6.57. The molecular formula is C20H26N4O2. The predicted octanol–water partition coefficient (Wildman–Crippen LogP) is 2.06. The molecule has 26 heavy (non-hydrogen) atoms. The molecule has 6 heteroatoms. The van der Waals surface area contributed by atoms with E-state index < -0.39 is 0 Å². The number of benzene rings is 1. The second kappa shape index (κ2) is 9.31. The van der Waals surface area contributed by atoms with E-state index in [2.05, 4.69) is 51.7 Å². The van der Waals surface area contributed by atoms with E-state index in [1.54, 1.807) is 12.3 Å². The first-order valence-electron chi connectivity index (χ1n) is 9.04. The van der Waals surface area contributed by atoms with Gasteiger partial charge >= 0.3 is 0 Å². The average molecular weight is 354 g/mol. The Morgan fingerprint density at radius 2 is 1.96 bits per heavy atom. The van der Waals surface area contributed by atoms with Crippen LogP contribution in [0.15, 0.2) is 42.6 Å². The first kappa shape index (κ1) is 18.4. The lowest BCUT2D eigenvalue weighted by molar-refractivity contribution is 0.0383. The average Bonchev–Trinajstić information content (AvgIpc) is 2.68. The molecule has 1 saturated heterocycles. The number of aromatic nitrogens is 1. The molecule has 0 atom stereocenters. The fraction of sp³-hybridized carbons (Fsp3) is 0.400. The van der Waals surface area contributed by atoms with Crippen LogP contribution >= 0.6 is 0 Å². The van der Waals surface area contributed by atoms with Gasteiger partial charge in [0.2, 0.25) is 0 Å². The Balaban J connectivity index is 1.47. The molecule has 6 nitrogen and oxygen atoms in total. The highest BCUT2D eigenvalue weighted by molar-refractivity contribution is 5.93. The van der Waals surface area contributed by atoms with Crippen molar-refractivity contribution in [3.05, 3.63) is 59.4 Å². The quantitative estimate of drug-likeness (QED) is 0.797. The third-order valence-electron chi connectivity index (χ3n) is 4.43. The van der Waals surface area contributed by atoms with E-state index >= 15 is 0 Å². The molecule has 2 heterocycles. The van der Waals surface area contributed by atoms with Crippen LogP contribution < -0.4 is 10.6 Å². The molecule has 0 radical (unpaired) electrons. The lowest BCUT2D eigenvalue weighted by Gasteiger charge is -2.26. The zero-order valence-corrected chi connectivity index (χ0v) is 15.2. The van der Waals surface area contributed by atoms with Gasteiger partial charge in [0.25, 0.3) is 5.91 Å². The molecule has 1 aromatic heterocycles. The summed E-state index contributed by atoms with van der Waals surface area (Å²) in [6, 6.07) is 12.1. The van der Waals surface area contributed by atoms with Crippen LogP contribution in [0.3, 0.4) is 0 Å². The van der Waals surface area contributed by atoms with Crippen LogP contribution in [0.1, 0.15) is 21.6 Å². The Hall–Kier alpha value is -2.44. The number of hydrogen-bond acceptors (Lipinski definition) is 5. The van der Waals surface area contributed by atoms with Crippen molar-refractivity contribution in [1.29, 1.82) is 0 Å². The summed E-state index contributed by atoms with van der Waals surface area (Å²) in [5.41, 5.74) is 3.76. The maximum atomic E-state index is 12.3. The molecule has 138 valence electrons. The highest BCUT2D eigenvalue weighted by atomic mass is 16.5. The summed E-state index contributed by atoms with van der Waals surface area (Å²) in [5, 5.41) is 6.28. The van der Waals surface area contributed by atoms with Crippen molar-refractivity contribution < 1.29 is 9.53 Å². The van der Waals surface area contributed by atoms with E-state index in [4.69, 9.17) is 4.74 Å². The number of amides is 1. The first-order chi connectivity index (χ1) is 12.7. The summed E-state index contributed by atoms with van der Waals surface area (Å²) < 4.78 is 5.32. The summed E-state index contributed by atoms with van der Waals surface area (Å²) in [6.45, 7) is 7.61. The molecule has 3 rings (SSSR count). The molecule has 0 saturated carbocycles. The van der Waals surface area contributed by atoms with Gasteiger partial charge in [-0.3, -0.25) is 14.7 Å². The van der Waals surface area contributed by atoms with Crippen LogP contribution in [0, 0.1) is 6.92 Å². The minimum absolute atomic E-state index is 0.141. The van der Waals surface area contributed by atoms with Gasteiger partial charge in [-0.15, -0.1) is 0 Å². The number of ether oxygens (including phenoxy) is 1. The van der Waals surface area contributed by atoms with Gasteiger partial charge in [-0.05, 0) is 24.6 Å². The minimum atomic E-state index is -0.141.